The molecular weight excluding hydrogens is 358 g/mol. The molecular formula is C23H20ClNO2. The van der Waals surface area contributed by atoms with Crippen molar-refractivity contribution in [3.63, 3.8) is 0 Å². The number of ether oxygens (including phenoxy) is 1. The highest BCUT2D eigenvalue weighted by atomic mass is 35.5. The van der Waals surface area contributed by atoms with Gasteiger partial charge in [0.1, 0.15) is 0 Å². The average molecular weight is 378 g/mol. The summed E-state index contributed by atoms with van der Waals surface area (Å²) in [7, 11) is 1.38. The van der Waals surface area contributed by atoms with E-state index in [1.165, 1.54) is 7.11 Å². The minimum atomic E-state index is -0.690. The number of carbonyl (C=O) groups excluding carboxylic acids is 1. The Kier molecular flexibility index (Phi) is 6.39. The standard InChI is InChI=1S/C23H20ClNO2/c1-27-23(26)21(16-19-14-8-9-15-20(19)24)25-22(17-10-4-2-5-11-17)18-12-6-3-7-13-18/h2-15,21H,16H2,1H3. The van der Waals surface area contributed by atoms with Gasteiger partial charge < -0.3 is 4.74 Å². The molecule has 0 saturated heterocycles. The molecule has 0 aliphatic heterocycles. The van der Waals surface area contributed by atoms with E-state index >= 15 is 0 Å². The first kappa shape index (κ1) is 18.9. The molecule has 4 heteroatoms. The van der Waals surface area contributed by atoms with Crippen LogP contribution in [0, 0.1) is 0 Å². The summed E-state index contributed by atoms with van der Waals surface area (Å²) in [6, 6.07) is 26.4. The van der Waals surface area contributed by atoms with Crippen LogP contribution in [0.4, 0.5) is 0 Å². The highest BCUT2D eigenvalue weighted by Gasteiger charge is 2.22. The Morgan fingerprint density at radius 3 is 1.93 bits per heavy atom. The van der Waals surface area contributed by atoms with Gasteiger partial charge in [-0.2, -0.15) is 0 Å². The Morgan fingerprint density at radius 1 is 0.889 bits per heavy atom. The van der Waals surface area contributed by atoms with Gasteiger partial charge in [0.05, 0.1) is 12.8 Å². The summed E-state index contributed by atoms with van der Waals surface area (Å²) in [5.74, 6) is -0.390. The molecule has 0 spiro atoms. The Morgan fingerprint density at radius 2 is 1.41 bits per heavy atom. The monoisotopic (exact) mass is 377 g/mol. The molecule has 0 aromatic heterocycles. The zero-order valence-corrected chi connectivity index (χ0v) is 15.8. The van der Waals surface area contributed by atoms with E-state index in [0.29, 0.717) is 11.4 Å². The molecule has 0 radical (unpaired) electrons. The van der Waals surface area contributed by atoms with Crippen molar-refractivity contribution in [3.05, 3.63) is 107 Å². The molecule has 0 fully saturated rings. The minimum Gasteiger partial charge on any atom is -0.467 e. The molecule has 27 heavy (non-hydrogen) atoms. The van der Waals surface area contributed by atoms with Crippen LogP contribution < -0.4 is 0 Å². The van der Waals surface area contributed by atoms with Crippen LogP contribution in [0.15, 0.2) is 89.9 Å². The lowest BCUT2D eigenvalue weighted by Crippen LogP contribution is -2.25. The minimum absolute atomic E-state index is 0.371. The SMILES string of the molecule is COC(=O)C(Cc1ccccc1Cl)N=C(c1ccccc1)c1ccccc1. The normalized spacial score (nSPS) is 11.5. The van der Waals surface area contributed by atoms with Crippen molar-refractivity contribution < 1.29 is 9.53 Å². The fraction of sp³-hybridized carbons (Fsp3) is 0.130. The number of halogens is 1. The van der Waals surface area contributed by atoms with Crippen molar-refractivity contribution in [3.8, 4) is 0 Å². The van der Waals surface area contributed by atoms with Crippen LogP contribution in [0.1, 0.15) is 16.7 Å². The second-order valence-corrected chi connectivity index (χ2v) is 6.45. The van der Waals surface area contributed by atoms with Gasteiger partial charge in [-0.25, -0.2) is 4.79 Å². The topological polar surface area (TPSA) is 38.7 Å². The molecule has 3 aromatic carbocycles. The van der Waals surface area contributed by atoms with Gasteiger partial charge in [-0.15, -0.1) is 0 Å². The predicted octanol–water partition coefficient (Wildman–Crippen LogP) is 4.96. The molecule has 136 valence electrons. The Labute approximate surface area is 164 Å². The maximum atomic E-state index is 12.5. The lowest BCUT2D eigenvalue weighted by atomic mass is 10.0. The van der Waals surface area contributed by atoms with Crippen molar-refractivity contribution in [2.75, 3.05) is 7.11 Å². The third kappa shape index (κ3) is 4.83. The molecule has 3 rings (SSSR count). The van der Waals surface area contributed by atoms with Crippen molar-refractivity contribution >= 4 is 23.3 Å². The molecule has 0 aliphatic carbocycles. The number of hydrogen-bond acceptors (Lipinski definition) is 3. The maximum Gasteiger partial charge on any atom is 0.330 e. The Hall–Kier alpha value is -2.91. The van der Waals surface area contributed by atoms with Crippen LogP contribution in [-0.4, -0.2) is 24.8 Å². The highest BCUT2D eigenvalue weighted by molar-refractivity contribution is 6.31. The fourth-order valence-electron chi connectivity index (χ4n) is 2.85. The molecule has 0 amide bonds. The molecule has 0 aliphatic rings. The van der Waals surface area contributed by atoms with Gasteiger partial charge in [-0.1, -0.05) is 90.5 Å². The second-order valence-electron chi connectivity index (χ2n) is 6.04. The quantitative estimate of drug-likeness (QED) is 0.449. The summed E-state index contributed by atoms with van der Waals surface area (Å²) in [6.45, 7) is 0. The number of nitrogens with zero attached hydrogens (tertiary/aromatic N) is 1. The second kappa shape index (κ2) is 9.15. The smallest absolute Gasteiger partial charge is 0.330 e. The van der Waals surface area contributed by atoms with Crippen molar-refractivity contribution in [1.82, 2.24) is 0 Å². The number of methoxy groups -OCH3 is 1. The molecule has 0 heterocycles. The summed E-state index contributed by atoms with van der Waals surface area (Å²) in [5.41, 5.74) is 3.49. The maximum absolute atomic E-state index is 12.5. The number of aliphatic imine (C=N–C) groups is 1. The van der Waals surface area contributed by atoms with Gasteiger partial charge in [0.2, 0.25) is 0 Å². The van der Waals surface area contributed by atoms with Crippen LogP contribution in [-0.2, 0) is 16.0 Å². The largest absolute Gasteiger partial charge is 0.467 e. The molecule has 1 atom stereocenters. The van der Waals surface area contributed by atoms with Crippen LogP contribution in [0.5, 0.6) is 0 Å². The van der Waals surface area contributed by atoms with Gasteiger partial charge >= 0.3 is 5.97 Å². The molecule has 3 nitrogen and oxygen atoms in total. The van der Waals surface area contributed by atoms with E-state index in [-0.39, 0.29) is 5.97 Å². The summed E-state index contributed by atoms with van der Waals surface area (Å²) in [4.78, 5) is 17.3. The highest BCUT2D eigenvalue weighted by Crippen LogP contribution is 2.20. The zero-order chi connectivity index (χ0) is 19.1. The van der Waals surface area contributed by atoms with E-state index in [4.69, 9.17) is 21.3 Å². The van der Waals surface area contributed by atoms with Crippen molar-refractivity contribution in [1.29, 1.82) is 0 Å². The van der Waals surface area contributed by atoms with Gasteiger partial charge in [0, 0.05) is 22.6 Å². The Balaban J connectivity index is 2.06. The van der Waals surface area contributed by atoms with Gasteiger partial charge in [-0.05, 0) is 11.6 Å². The molecule has 0 bridgehead atoms. The van der Waals surface area contributed by atoms with Crippen LogP contribution in [0.3, 0.4) is 0 Å². The third-order valence-corrected chi connectivity index (χ3v) is 4.59. The summed E-state index contributed by atoms with van der Waals surface area (Å²) in [6.07, 6.45) is 0.371. The van der Waals surface area contributed by atoms with E-state index in [1.54, 1.807) is 0 Å². The molecule has 0 N–H and O–H groups in total. The zero-order valence-electron chi connectivity index (χ0n) is 15.0. The summed E-state index contributed by atoms with van der Waals surface area (Å²) in [5, 5.41) is 0.613. The lowest BCUT2D eigenvalue weighted by molar-refractivity contribution is -0.142. The van der Waals surface area contributed by atoms with Crippen LogP contribution in [0.2, 0.25) is 5.02 Å². The van der Waals surface area contributed by atoms with E-state index in [1.807, 2.05) is 84.9 Å². The summed E-state index contributed by atoms with van der Waals surface area (Å²) < 4.78 is 5.01. The van der Waals surface area contributed by atoms with E-state index < -0.39 is 6.04 Å². The first-order chi connectivity index (χ1) is 13.2. The first-order valence-corrected chi connectivity index (χ1v) is 9.06. The predicted molar refractivity (Wildman–Crippen MR) is 109 cm³/mol. The van der Waals surface area contributed by atoms with Gasteiger partial charge in [0.15, 0.2) is 6.04 Å². The van der Waals surface area contributed by atoms with Crippen molar-refractivity contribution in [2.45, 2.75) is 12.5 Å². The number of benzene rings is 3. The lowest BCUT2D eigenvalue weighted by Gasteiger charge is -2.15. The van der Waals surface area contributed by atoms with Crippen LogP contribution >= 0.6 is 11.6 Å². The van der Waals surface area contributed by atoms with Crippen LogP contribution in [0.25, 0.3) is 0 Å². The van der Waals surface area contributed by atoms with Crippen molar-refractivity contribution in [2.24, 2.45) is 4.99 Å². The van der Waals surface area contributed by atoms with E-state index in [2.05, 4.69) is 0 Å². The van der Waals surface area contributed by atoms with E-state index in [0.717, 1.165) is 22.4 Å². The number of esters is 1. The summed E-state index contributed by atoms with van der Waals surface area (Å²) >= 11 is 6.29. The van der Waals surface area contributed by atoms with Gasteiger partial charge in [-0.3, -0.25) is 4.99 Å². The van der Waals surface area contributed by atoms with E-state index in [9.17, 15) is 4.79 Å². The van der Waals surface area contributed by atoms with Gasteiger partial charge in [0.25, 0.3) is 0 Å². The Bertz CT molecular complexity index is 882. The number of hydrogen-bond donors (Lipinski definition) is 0. The molecule has 0 saturated carbocycles. The first-order valence-electron chi connectivity index (χ1n) is 8.69. The molecule has 1 unspecified atom stereocenters. The molecule has 3 aromatic rings. The number of rotatable bonds is 6. The number of carbonyl (C=O) groups is 1. The fourth-order valence-corrected chi connectivity index (χ4v) is 3.07. The average Bonchev–Trinajstić information content (AvgIpc) is 2.73. The third-order valence-electron chi connectivity index (χ3n) is 4.22.